The van der Waals surface area contributed by atoms with Crippen LogP contribution in [0.3, 0.4) is 0 Å². The van der Waals surface area contributed by atoms with Gasteiger partial charge in [-0.05, 0) is 34.1 Å². The van der Waals surface area contributed by atoms with E-state index in [0.717, 1.165) is 0 Å². The first kappa shape index (κ1) is 14.7. The topological polar surface area (TPSA) is 87.7 Å². The summed E-state index contributed by atoms with van der Waals surface area (Å²) in [5, 5.41) is 14.0. The molecule has 0 radical (unpaired) electrons. The molecule has 20 heavy (non-hydrogen) atoms. The number of carbonyl (C=O) groups is 2. The number of nitrogens with one attached hydrogen (secondary N) is 2. The van der Waals surface area contributed by atoms with Crippen LogP contribution in [0.1, 0.15) is 0 Å². The largest absolute Gasteiger partial charge is 0.481 e. The number of amides is 2. The second kappa shape index (κ2) is 6.19. The molecular formula is C12H12BrFN2O4. The molecule has 0 bridgehead atoms. The van der Waals surface area contributed by atoms with E-state index in [4.69, 9.17) is 9.84 Å². The van der Waals surface area contributed by atoms with Crippen LogP contribution in [0.4, 0.5) is 14.9 Å². The number of anilines is 1. The van der Waals surface area contributed by atoms with Gasteiger partial charge in [0.05, 0.1) is 23.7 Å². The first-order chi connectivity index (χ1) is 9.47. The van der Waals surface area contributed by atoms with E-state index in [1.54, 1.807) is 0 Å². The van der Waals surface area contributed by atoms with Gasteiger partial charge in [0.15, 0.2) is 0 Å². The molecule has 2 unspecified atom stereocenters. The summed E-state index contributed by atoms with van der Waals surface area (Å²) in [4.78, 5) is 22.7. The van der Waals surface area contributed by atoms with E-state index in [1.165, 1.54) is 18.2 Å². The summed E-state index contributed by atoms with van der Waals surface area (Å²) in [6.45, 7) is 0.222. The van der Waals surface area contributed by atoms with Crippen molar-refractivity contribution < 1.29 is 23.8 Å². The predicted molar refractivity (Wildman–Crippen MR) is 72.0 cm³/mol. The van der Waals surface area contributed by atoms with Crippen molar-refractivity contribution in [3.05, 3.63) is 28.5 Å². The maximum absolute atomic E-state index is 13.0. The third-order valence-corrected chi connectivity index (χ3v) is 3.50. The highest BCUT2D eigenvalue weighted by Crippen LogP contribution is 2.20. The Balaban J connectivity index is 1.95. The molecule has 108 valence electrons. The van der Waals surface area contributed by atoms with Crippen molar-refractivity contribution >= 4 is 33.6 Å². The lowest BCUT2D eigenvalue weighted by Gasteiger charge is -2.16. The van der Waals surface area contributed by atoms with Crippen molar-refractivity contribution in [3.63, 3.8) is 0 Å². The quantitative estimate of drug-likeness (QED) is 0.778. The van der Waals surface area contributed by atoms with Gasteiger partial charge in [-0.2, -0.15) is 0 Å². The molecule has 1 aliphatic rings. The minimum absolute atomic E-state index is 0.0718. The van der Waals surface area contributed by atoms with Gasteiger partial charge in [-0.25, -0.2) is 9.18 Å². The summed E-state index contributed by atoms with van der Waals surface area (Å²) in [6.07, 6.45) is 0. The number of benzene rings is 1. The fraction of sp³-hybridized carbons (Fsp3) is 0.333. The Labute approximate surface area is 122 Å². The molecule has 0 spiro atoms. The first-order valence-corrected chi connectivity index (χ1v) is 6.60. The Kier molecular flexibility index (Phi) is 4.56. The molecule has 2 atom stereocenters. The highest BCUT2D eigenvalue weighted by atomic mass is 79.9. The van der Waals surface area contributed by atoms with Gasteiger partial charge in [-0.3, -0.25) is 4.79 Å². The molecule has 3 N–H and O–H groups in total. The molecule has 1 fully saturated rings. The molecule has 2 amide bonds. The number of carboxylic acids is 1. The van der Waals surface area contributed by atoms with Gasteiger partial charge in [-0.15, -0.1) is 0 Å². The minimum atomic E-state index is -1.02. The molecule has 6 nitrogen and oxygen atoms in total. The molecule has 1 aliphatic heterocycles. The highest BCUT2D eigenvalue weighted by Gasteiger charge is 2.35. The molecule has 1 aromatic carbocycles. The van der Waals surface area contributed by atoms with Gasteiger partial charge >= 0.3 is 12.0 Å². The van der Waals surface area contributed by atoms with E-state index in [-0.39, 0.29) is 17.7 Å². The summed E-state index contributed by atoms with van der Waals surface area (Å²) in [7, 11) is 0. The lowest BCUT2D eigenvalue weighted by atomic mass is 10.0. The molecule has 0 aromatic heterocycles. The van der Waals surface area contributed by atoms with Crippen LogP contribution in [0.2, 0.25) is 0 Å². The number of halogens is 2. The third-order valence-electron chi connectivity index (χ3n) is 2.89. The van der Waals surface area contributed by atoms with E-state index >= 15 is 0 Å². The lowest BCUT2D eigenvalue weighted by Crippen LogP contribution is -2.44. The molecule has 2 rings (SSSR count). The van der Waals surface area contributed by atoms with Crippen molar-refractivity contribution in [2.24, 2.45) is 5.92 Å². The minimum Gasteiger partial charge on any atom is -0.481 e. The van der Waals surface area contributed by atoms with E-state index in [0.29, 0.717) is 5.69 Å². The molecule has 1 heterocycles. The zero-order valence-corrected chi connectivity index (χ0v) is 11.8. The second-order valence-electron chi connectivity index (χ2n) is 4.32. The van der Waals surface area contributed by atoms with E-state index in [9.17, 15) is 14.0 Å². The highest BCUT2D eigenvalue weighted by molar-refractivity contribution is 9.10. The van der Waals surface area contributed by atoms with Crippen molar-refractivity contribution in [1.82, 2.24) is 5.32 Å². The second-order valence-corrected chi connectivity index (χ2v) is 5.17. The van der Waals surface area contributed by atoms with Crippen molar-refractivity contribution in [3.8, 4) is 0 Å². The van der Waals surface area contributed by atoms with Gasteiger partial charge in [0.1, 0.15) is 11.7 Å². The van der Waals surface area contributed by atoms with Crippen LogP contribution >= 0.6 is 15.9 Å². The summed E-state index contributed by atoms with van der Waals surface area (Å²) in [6, 6.07) is 2.87. The molecular weight excluding hydrogens is 335 g/mol. The number of aliphatic carboxylic acids is 1. The van der Waals surface area contributed by atoms with Crippen LogP contribution in [-0.4, -0.2) is 36.4 Å². The van der Waals surface area contributed by atoms with Gasteiger partial charge in [0.2, 0.25) is 0 Å². The van der Waals surface area contributed by atoms with Crippen molar-refractivity contribution in [2.45, 2.75) is 6.04 Å². The van der Waals surface area contributed by atoms with Gasteiger partial charge in [-0.1, -0.05) is 0 Å². The van der Waals surface area contributed by atoms with Gasteiger partial charge in [0.25, 0.3) is 0 Å². The van der Waals surface area contributed by atoms with Crippen molar-refractivity contribution in [1.29, 1.82) is 0 Å². The van der Waals surface area contributed by atoms with Crippen LogP contribution in [-0.2, 0) is 9.53 Å². The normalized spacial score (nSPS) is 21.5. The number of rotatable bonds is 3. The Morgan fingerprint density at radius 3 is 2.80 bits per heavy atom. The zero-order valence-electron chi connectivity index (χ0n) is 10.2. The number of carboxylic acid groups (broad SMARTS) is 1. The molecule has 8 heteroatoms. The number of ether oxygens (including phenoxy) is 1. The summed E-state index contributed by atoms with van der Waals surface area (Å²) in [5.41, 5.74) is 0.390. The number of carbonyl (C=O) groups excluding carboxylic acids is 1. The van der Waals surface area contributed by atoms with Gasteiger partial charge < -0.3 is 20.5 Å². The summed E-state index contributed by atoms with van der Waals surface area (Å²) >= 11 is 3.01. The van der Waals surface area contributed by atoms with E-state index in [2.05, 4.69) is 26.6 Å². The van der Waals surface area contributed by atoms with Crippen molar-refractivity contribution in [2.75, 3.05) is 18.5 Å². The number of hydrogen-bond donors (Lipinski definition) is 3. The lowest BCUT2D eigenvalue weighted by molar-refractivity contribution is -0.142. The summed E-state index contributed by atoms with van der Waals surface area (Å²) < 4.78 is 18.3. The maximum Gasteiger partial charge on any atom is 0.319 e. The SMILES string of the molecule is O=C(Nc1ccc(F)c(Br)c1)NC1COCC1C(=O)O. The van der Waals surface area contributed by atoms with Crippen LogP contribution in [0.5, 0.6) is 0 Å². The molecule has 0 aliphatic carbocycles. The van der Waals surface area contributed by atoms with Crippen LogP contribution in [0, 0.1) is 11.7 Å². The summed E-state index contributed by atoms with van der Waals surface area (Å²) in [5.74, 6) is -2.22. The van der Waals surface area contributed by atoms with Gasteiger partial charge in [0, 0.05) is 5.69 Å². The standard InChI is InChI=1S/C12H12BrFN2O4/c13-8-3-6(1-2-9(8)14)15-12(19)16-10-5-20-4-7(10)11(17)18/h1-3,7,10H,4-5H2,(H,17,18)(H2,15,16,19). The average Bonchev–Trinajstić information content (AvgIpc) is 2.82. The maximum atomic E-state index is 13.0. The van der Waals surface area contributed by atoms with E-state index in [1.807, 2.05) is 0 Å². The Hall–Kier alpha value is -1.67. The fourth-order valence-electron chi connectivity index (χ4n) is 1.85. The molecule has 1 saturated heterocycles. The van der Waals surface area contributed by atoms with E-state index < -0.39 is 29.8 Å². The number of urea groups is 1. The smallest absolute Gasteiger partial charge is 0.319 e. The van der Waals surface area contributed by atoms with Crippen LogP contribution in [0.15, 0.2) is 22.7 Å². The fourth-order valence-corrected chi connectivity index (χ4v) is 2.23. The Morgan fingerprint density at radius 1 is 1.40 bits per heavy atom. The average molecular weight is 347 g/mol. The molecule has 1 aromatic rings. The predicted octanol–water partition coefficient (Wildman–Crippen LogP) is 1.81. The zero-order chi connectivity index (χ0) is 14.7. The Bertz CT molecular complexity index is 540. The van der Waals surface area contributed by atoms with Crippen LogP contribution < -0.4 is 10.6 Å². The van der Waals surface area contributed by atoms with Crippen LogP contribution in [0.25, 0.3) is 0 Å². The monoisotopic (exact) mass is 346 g/mol. The first-order valence-electron chi connectivity index (χ1n) is 5.80. The number of hydrogen-bond acceptors (Lipinski definition) is 3. The molecule has 0 saturated carbocycles. The third kappa shape index (κ3) is 3.45. The Morgan fingerprint density at radius 2 is 2.15 bits per heavy atom.